The van der Waals surface area contributed by atoms with Gasteiger partial charge in [-0.15, -0.1) is 0 Å². The van der Waals surface area contributed by atoms with E-state index in [1.807, 2.05) is 0 Å². The van der Waals surface area contributed by atoms with E-state index in [1.165, 1.54) is 6.42 Å². The van der Waals surface area contributed by atoms with Crippen molar-refractivity contribution in [1.82, 2.24) is 0 Å². The molecule has 9 heavy (non-hydrogen) atoms. The summed E-state index contributed by atoms with van der Waals surface area (Å²) in [4.78, 5) is 0. The molecule has 0 spiro atoms. The Morgan fingerprint density at radius 1 is 1.67 bits per heavy atom. The largest absolute Gasteiger partial charge is 0.325 e. The van der Waals surface area contributed by atoms with Crippen molar-refractivity contribution in [3.63, 3.8) is 0 Å². The van der Waals surface area contributed by atoms with Crippen LogP contribution in [-0.2, 0) is 0 Å². The highest BCUT2D eigenvalue weighted by Gasteiger charge is 2.54. The van der Waals surface area contributed by atoms with Gasteiger partial charge in [0.05, 0.1) is 0 Å². The predicted octanol–water partition coefficient (Wildman–Crippen LogP) is 1.94. The minimum Gasteiger partial charge on any atom is -0.325 e. The van der Waals surface area contributed by atoms with E-state index in [9.17, 15) is 0 Å². The van der Waals surface area contributed by atoms with Crippen LogP contribution in [0.3, 0.4) is 0 Å². The summed E-state index contributed by atoms with van der Waals surface area (Å²) in [6, 6.07) is 0. The highest BCUT2D eigenvalue weighted by molar-refractivity contribution is 14.1. The van der Waals surface area contributed by atoms with Gasteiger partial charge in [-0.1, -0.05) is 29.5 Å². The first kappa shape index (κ1) is 7.79. The van der Waals surface area contributed by atoms with E-state index in [0.717, 1.165) is 5.92 Å². The molecule has 1 rings (SSSR count). The average Bonchev–Trinajstić information content (AvgIpc) is 2.10. The number of halogens is 1. The fourth-order valence-electron chi connectivity index (χ4n) is 1.38. The summed E-state index contributed by atoms with van der Waals surface area (Å²) in [7, 11) is 0. The van der Waals surface area contributed by atoms with Crippen molar-refractivity contribution >= 4 is 22.6 Å². The molecule has 0 aromatic rings. The van der Waals surface area contributed by atoms with Crippen molar-refractivity contribution in [2.75, 3.05) is 0 Å². The van der Waals surface area contributed by atoms with Crippen molar-refractivity contribution < 1.29 is 0 Å². The molecule has 0 bridgehead atoms. The molecule has 2 unspecified atom stereocenters. The molecule has 2 N–H and O–H groups in total. The number of alkyl halides is 1. The number of rotatable bonds is 1. The Bertz CT molecular complexity index is 123. The van der Waals surface area contributed by atoms with E-state index >= 15 is 0 Å². The normalized spacial score (nSPS) is 43.0. The van der Waals surface area contributed by atoms with Gasteiger partial charge in [0.2, 0.25) is 0 Å². The summed E-state index contributed by atoms with van der Waals surface area (Å²) in [5.41, 5.74) is 5.95. The lowest BCUT2D eigenvalue weighted by molar-refractivity contribution is 0.442. The summed E-state index contributed by atoms with van der Waals surface area (Å²) >= 11 is 2.50. The van der Waals surface area contributed by atoms with Crippen LogP contribution in [0.2, 0.25) is 0 Å². The molecule has 1 fully saturated rings. The van der Waals surface area contributed by atoms with E-state index in [-0.39, 0.29) is 5.54 Å². The zero-order valence-corrected chi connectivity index (χ0v) is 8.40. The van der Waals surface area contributed by atoms with Gasteiger partial charge in [0, 0.05) is 8.96 Å². The van der Waals surface area contributed by atoms with Gasteiger partial charge in [-0.05, 0) is 26.2 Å². The third-order valence-corrected chi connectivity index (χ3v) is 3.26. The number of hydrogen-bond donors (Lipinski definition) is 1. The summed E-state index contributed by atoms with van der Waals surface area (Å²) in [5.74, 6) is 0.727. The van der Waals surface area contributed by atoms with E-state index in [2.05, 4.69) is 43.4 Å². The summed E-state index contributed by atoms with van der Waals surface area (Å²) in [6.07, 6.45) is 1.29. The lowest BCUT2D eigenvalue weighted by Crippen LogP contribution is -2.36. The second-order valence-electron chi connectivity index (χ2n) is 3.86. The molecule has 0 aliphatic heterocycles. The van der Waals surface area contributed by atoms with Gasteiger partial charge in [0.1, 0.15) is 0 Å². The fourth-order valence-corrected chi connectivity index (χ4v) is 2.62. The second-order valence-corrected chi connectivity index (χ2v) is 6.32. The Hall–Kier alpha value is 0.690. The smallest absolute Gasteiger partial charge is 0.0243 e. The average molecular weight is 239 g/mol. The van der Waals surface area contributed by atoms with Crippen molar-refractivity contribution in [2.24, 2.45) is 11.7 Å². The van der Waals surface area contributed by atoms with Crippen molar-refractivity contribution in [3.05, 3.63) is 0 Å². The van der Waals surface area contributed by atoms with E-state index < -0.39 is 0 Å². The Morgan fingerprint density at radius 3 is 2.00 bits per heavy atom. The zero-order valence-electron chi connectivity index (χ0n) is 6.24. The van der Waals surface area contributed by atoms with Crippen LogP contribution < -0.4 is 5.73 Å². The van der Waals surface area contributed by atoms with Crippen LogP contribution in [-0.4, -0.2) is 8.96 Å². The van der Waals surface area contributed by atoms with Crippen LogP contribution in [0.25, 0.3) is 0 Å². The van der Waals surface area contributed by atoms with E-state index in [0.29, 0.717) is 3.42 Å². The Balaban J connectivity index is 2.52. The van der Waals surface area contributed by atoms with Crippen LogP contribution in [0.15, 0.2) is 0 Å². The van der Waals surface area contributed by atoms with Crippen molar-refractivity contribution in [2.45, 2.75) is 36.2 Å². The van der Waals surface area contributed by atoms with Crippen molar-refractivity contribution in [1.29, 1.82) is 0 Å². The monoisotopic (exact) mass is 239 g/mol. The third-order valence-electron chi connectivity index (χ3n) is 2.07. The summed E-state index contributed by atoms with van der Waals surface area (Å²) < 4.78 is 0.496. The van der Waals surface area contributed by atoms with Crippen LogP contribution in [0.4, 0.5) is 0 Å². The van der Waals surface area contributed by atoms with Gasteiger partial charge in [0.25, 0.3) is 0 Å². The first-order valence-electron chi connectivity index (χ1n) is 3.32. The molecule has 1 saturated carbocycles. The van der Waals surface area contributed by atoms with Crippen LogP contribution in [0.1, 0.15) is 27.2 Å². The summed E-state index contributed by atoms with van der Waals surface area (Å²) in [5, 5.41) is 0. The first-order chi connectivity index (χ1) is 3.84. The molecular formula is C7H14IN. The maximum absolute atomic E-state index is 5.91. The molecule has 0 saturated heterocycles. The minimum absolute atomic E-state index is 0.0376. The molecule has 2 atom stereocenters. The van der Waals surface area contributed by atoms with Crippen LogP contribution in [0, 0.1) is 5.92 Å². The molecule has 1 aliphatic carbocycles. The third kappa shape index (κ3) is 1.58. The zero-order chi connectivity index (χ0) is 7.28. The van der Waals surface area contributed by atoms with E-state index in [4.69, 9.17) is 5.73 Å². The molecule has 54 valence electrons. The molecule has 0 heterocycles. The van der Waals surface area contributed by atoms with Gasteiger partial charge < -0.3 is 5.73 Å². The lowest BCUT2D eigenvalue weighted by Gasteiger charge is -2.19. The highest BCUT2D eigenvalue weighted by atomic mass is 127. The van der Waals surface area contributed by atoms with Crippen LogP contribution in [0.5, 0.6) is 0 Å². The first-order valence-corrected chi connectivity index (χ1v) is 4.40. The fraction of sp³-hybridized carbons (Fsp3) is 1.00. The number of nitrogens with two attached hydrogens (primary N) is 1. The molecule has 0 radical (unpaired) electrons. The molecular weight excluding hydrogens is 225 g/mol. The second kappa shape index (κ2) is 1.84. The quantitative estimate of drug-likeness (QED) is 0.549. The Morgan fingerprint density at radius 2 is 2.00 bits per heavy atom. The molecule has 2 heteroatoms. The van der Waals surface area contributed by atoms with Gasteiger partial charge in [-0.25, -0.2) is 0 Å². The SMILES string of the molecule is CC(C)(N)C1CC1(C)I. The number of hydrogen-bond acceptors (Lipinski definition) is 1. The summed E-state index contributed by atoms with van der Waals surface area (Å²) in [6.45, 7) is 6.50. The highest BCUT2D eigenvalue weighted by Crippen LogP contribution is 2.55. The standard InChI is InChI=1S/C7H14IN/c1-6(2,9)5-4-7(5,3)8/h5H,4,9H2,1-3H3. The maximum Gasteiger partial charge on any atom is 0.0243 e. The molecule has 1 aliphatic rings. The topological polar surface area (TPSA) is 26.0 Å². The van der Waals surface area contributed by atoms with Gasteiger partial charge in [0.15, 0.2) is 0 Å². The Labute approximate surface area is 70.5 Å². The van der Waals surface area contributed by atoms with E-state index in [1.54, 1.807) is 0 Å². The van der Waals surface area contributed by atoms with Gasteiger partial charge in [-0.2, -0.15) is 0 Å². The molecule has 0 amide bonds. The molecule has 0 aromatic carbocycles. The van der Waals surface area contributed by atoms with Gasteiger partial charge in [-0.3, -0.25) is 0 Å². The minimum atomic E-state index is 0.0376. The Kier molecular flexibility index (Phi) is 1.60. The van der Waals surface area contributed by atoms with Crippen molar-refractivity contribution in [3.8, 4) is 0 Å². The predicted molar refractivity (Wildman–Crippen MR) is 48.8 cm³/mol. The lowest BCUT2D eigenvalue weighted by atomic mass is 9.99. The molecule has 1 nitrogen and oxygen atoms in total. The molecule has 0 aromatic heterocycles. The van der Waals surface area contributed by atoms with Gasteiger partial charge >= 0.3 is 0 Å². The maximum atomic E-state index is 5.91. The van der Waals surface area contributed by atoms with Crippen LogP contribution >= 0.6 is 22.6 Å².